The minimum absolute atomic E-state index is 0. The van der Waals surface area contributed by atoms with Crippen LogP contribution in [0.15, 0.2) is 48.5 Å². The van der Waals surface area contributed by atoms with Gasteiger partial charge >= 0.3 is 0 Å². The van der Waals surface area contributed by atoms with Crippen LogP contribution in [0.1, 0.15) is 36.8 Å². The second kappa shape index (κ2) is 15.9. The van der Waals surface area contributed by atoms with Crippen LogP contribution in [0.4, 0.5) is 0 Å². The molecular weight excluding hydrogens is 481 g/mol. The van der Waals surface area contributed by atoms with Crippen LogP contribution in [0.5, 0.6) is 0 Å². The lowest BCUT2D eigenvalue weighted by molar-refractivity contribution is 0.281. The second-order valence-corrected chi connectivity index (χ2v) is 7.26. The molecule has 2 atom stereocenters. The SMILES string of the molecule is Cl.Cl.Cl.Cl.Clc1ccccc1CNC1CCCCC1NCc1ccccc1Cl. The third kappa shape index (κ3) is 8.85. The summed E-state index contributed by atoms with van der Waals surface area (Å²) in [7, 11) is 0. The monoisotopic (exact) mass is 506 g/mol. The average molecular weight is 509 g/mol. The molecule has 2 N–H and O–H groups in total. The van der Waals surface area contributed by atoms with E-state index in [1.807, 2.05) is 36.4 Å². The Morgan fingerprint density at radius 3 is 1.36 bits per heavy atom. The molecule has 0 aliphatic heterocycles. The number of nitrogens with one attached hydrogen (secondary N) is 2. The third-order valence-corrected chi connectivity index (χ3v) is 5.53. The summed E-state index contributed by atoms with van der Waals surface area (Å²) < 4.78 is 0. The summed E-state index contributed by atoms with van der Waals surface area (Å²) in [6, 6.07) is 17.0. The number of hydrogen-bond donors (Lipinski definition) is 2. The first-order chi connectivity index (χ1) is 11.7. The Morgan fingerprint density at radius 2 is 1.00 bits per heavy atom. The zero-order valence-corrected chi connectivity index (χ0v) is 20.2. The van der Waals surface area contributed by atoms with Gasteiger partial charge in [0.05, 0.1) is 0 Å². The lowest BCUT2D eigenvalue weighted by atomic mass is 9.90. The van der Waals surface area contributed by atoms with E-state index in [1.165, 1.54) is 25.7 Å². The first-order valence-electron chi connectivity index (χ1n) is 8.67. The molecule has 0 amide bonds. The molecule has 1 fully saturated rings. The highest BCUT2D eigenvalue weighted by molar-refractivity contribution is 6.31. The van der Waals surface area contributed by atoms with E-state index in [0.717, 1.165) is 34.3 Å². The number of halogens is 6. The van der Waals surface area contributed by atoms with Crippen molar-refractivity contribution >= 4 is 72.8 Å². The molecule has 0 radical (unpaired) electrons. The largest absolute Gasteiger partial charge is 0.308 e. The van der Waals surface area contributed by atoms with Crippen LogP contribution in [-0.2, 0) is 13.1 Å². The van der Waals surface area contributed by atoms with Crippen LogP contribution in [0, 0.1) is 0 Å². The molecule has 160 valence electrons. The standard InChI is InChI=1S/C20H24Cl2N2.4ClH/c21-17-9-3-1-7-15(17)13-23-19-11-5-6-12-20(19)24-14-16-8-2-4-10-18(16)22;;;;/h1-4,7-10,19-20,23-24H,5-6,11-14H2;4*1H. The summed E-state index contributed by atoms with van der Waals surface area (Å²) in [6.07, 6.45) is 4.96. The van der Waals surface area contributed by atoms with Crippen LogP contribution in [0.25, 0.3) is 0 Å². The first kappa shape index (κ1) is 30.3. The second-order valence-electron chi connectivity index (χ2n) is 6.44. The van der Waals surface area contributed by atoms with Crippen molar-refractivity contribution in [1.29, 1.82) is 0 Å². The highest BCUT2D eigenvalue weighted by Gasteiger charge is 2.24. The molecule has 1 saturated carbocycles. The molecule has 0 spiro atoms. The van der Waals surface area contributed by atoms with E-state index >= 15 is 0 Å². The summed E-state index contributed by atoms with van der Waals surface area (Å²) in [6.45, 7) is 1.63. The van der Waals surface area contributed by atoms with Crippen molar-refractivity contribution in [2.75, 3.05) is 0 Å². The van der Waals surface area contributed by atoms with Crippen molar-refractivity contribution in [3.05, 3.63) is 69.7 Å². The van der Waals surface area contributed by atoms with Crippen LogP contribution in [0.2, 0.25) is 10.0 Å². The summed E-state index contributed by atoms with van der Waals surface area (Å²) in [4.78, 5) is 0. The Labute approximate surface area is 203 Å². The van der Waals surface area contributed by atoms with Gasteiger partial charge in [-0.2, -0.15) is 0 Å². The molecule has 2 aromatic carbocycles. The fourth-order valence-electron chi connectivity index (χ4n) is 3.39. The Balaban J connectivity index is 0. The maximum absolute atomic E-state index is 6.27. The van der Waals surface area contributed by atoms with Crippen molar-refractivity contribution in [2.24, 2.45) is 0 Å². The van der Waals surface area contributed by atoms with E-state index < -0.39 is 0 Å². The molecule has 1 aliphatic rings. The van der Waals surface area contributed by atoms with Gasteiger partial charge in [-0.3, -0.25) is 0 Å². The Morgan fingerprint density at radius 1 is 0.643 bits per heavy atom. The maximum atomic E-state index is 6.27. The van der Waals surface area contributed by atoms with Crippen LogP contribution < -0.4 is 10.6 Å². The van der Waals surface area contributed by atoms with Gasteiger partial charge in [0.1, 0.15) is 0 Å². The number of rotatable bonds is 6. The molecule has 1 aliphatic carbocycles. The van der Waals surface area contributed by atoms with E-state index in [4.69, 9.17) is 23.2 Å². The molecular formula is C20H28Cl6N2. The zero-order valence-electron chi connectivity index (χ0n) is 15.4. The number of hydrogen-bond acceptors (Lipinski definition) is 2. The Hall–Kier alpha value is 0.1000. The first-order valence-corrected chi connectivity index (χ1v) is 9.43. The third-order valence-electron chi connectivity index (χ3n) is 4.79. The van der Waals surface area contributed by atoms with Gasteiger partial charge in [-0.15, -0.1) is 49.6 Å². The highest BCUT2D eigenvalue weighted by atomic mass is 35.5. The molecule has 8 heteroatoms. The summed E-state index contributed by atoms with van der Waals surface area (Å²) in [5.41, 5.74) is 2.32. The van der Waals surface area contributed by atoms with Crippen molar-refractivity contribution in [1.82, 2.24) is 10.6 Å². The van der Waals surface area contributed by atoms with Crippen molar-refractivity contribution in [2.45, 2.75) is 50.9 Å². The highest BCUT2D eigenvalue weighted by Crippen LogP contribution is 2.22. The summed E-state index contributed by atoms with van der Waals surface area (Å²) in [5, 5.41) is 9.07. The molecule has 0 aromatic heterocycles. The lowest BCUT2D eigenvalue weighted by Crippen LogP contribution is -2.49. The van der Waals surface area contributed by atoms with Crippen molar-refractivity contribution in [3.63, 3.8) is 0 Å². The number of benzene rings is 2. The molecule has 2 nitrogen and oxygen atoms in total. The summed E-state index contributed by atoms with van der Waals surface area (Å²) >= 11 is 12.5. The van der Waals surface area contributed by atoms with Gasteiger partial charge in [-0.25, -0.2) is 0 Å². The van der Waals surface area contributed by atoms with Gasteiger partial charge < -0.3 is 10.6 Å². The lowest BCUT2D eigenvalue weighted by Gasteiger charge is -2.33. The molecule has 0 heterocycles. The van der Waals surface area contributed by atoms with Gasteiger partial charge in [-0.05, 0) is 36.1 Å². The van der Waals surface area contributed by atoms with E-state index in [1.54, 1.807) is 0 Å². The van der Waals surface area contributed by atoms with Gasteiger partial charge in [0.15, 0.2) is 0 Å². The minimum atomic E-state index is 0. The molecule has 0 bridgehead atoms. The van der Waals surface area contributed by atoms with Crippen LogP contribution in [0.3, 0.4) is 0 Å². The van der Waals surface area contributed by atoms with Crippen LogP contribution >= 0.6 is 72.8 Å². The molecule has 2 aromatic rings. The van der Waals surface area contributed by atoms with E-state index in [-0.39, 0.29) is 49.6 Å². The maximum Gasteiger partial charge on any atom is 0.0450 e. The topological polar surface area (TPSA) is 24.1 Å². The summed E-state index contributed by atoms with van der Waals surface area (Å²) in [5.74, 6) is 0. The van der Waals surface area contributed by atoms with E-state index in [0.29, 0.717) is 12.1 Å². The minimum Gasteiger partial charge on any atom is -0.308 e. The van der Waals surface area contributed by atoms with Gasteiger partial charge in [-0.1, -0.05) is 72.4 Å². The van der Waals surface area contributed by atoms with Crippen molar-refractivity contribution < 1.29 is 0 Å². The molecule has 28 heavy (non-hydrogen) atoms. The predicted molar refractivity (Wildman–Crippen MR) is 132 cm³/mol. The fourth-order valence-corrected chi connectivity index (χ4v) is 3.79. The normalized spacial score (nSPS) is 17.9. The quantitative estimate of drug-likeness (QED) is 0.444. The average Bonchev–Trinajstić information content (AvgIpc) is 2.61. The van der Waals surface area contributed by atoms with Crippen LogP contribution in [-0.4, -0.2) is 12.1 Å². The van der Waals surface area contributed by atoms with E-state index in [9.17, 15) is 0 Å². The van der Waals surface area contributed by atoms with Gasteiger partial charge in [0, 0.05) is 35.2 Å². The Bertz CT molecular complexity index is 613. The fraction of sp³-hybridized carbons (Fsp3) is 0.400. The Kier molecular flexibility index (Phi) is 17.2. The molecule has 0 saturated heterocycles. The van der Waals surface area contributed by atoms with Gasteiger partial charge in [0.2, 0.25) is 0 Å². The molecule has 3 rings (SSSR count). The predicted octanol–water partition coefficient (Wildman–Crippen LogP) is 6.87. The van der Waals surface area contributed by atoms with Gasteiger partial charge in [0.25, 0.3) is 0 Å². The molecule has 2 unspecified atom stereocenters. The van der Waals surface area contributed by atoms with Crippen molar-refractivity contribution in [3.8, 4) is 0 Å². The zero-order chi connectivity index (χ0) is 16.8. The smallest absolute Gasteiger partial charge is 0.0450 e. The van der Waals surface area contributed by atoms with E-state index in [2.05, 4.69) is 22.8 Å².